The Hall–Kier alpha value is -4.19. The number of aryl methyl sites for hydroxylation is 1. The van der Waals surface area contributed by atoms with Crippen LogP contribution in [0.2, 0.25) is 0 Å². The summed E-state index contributed by atoms with van der Waals surface area (Å²) < 4.78 is 39.2. The Bertz CT molecular complexity index is 1420. The molecule has 0 radical (unpaired) electrons. The summed E-state index contributed by atoms with van der Waals surface area (Å²) in [5.74, 6) is 0.916. The van der Waals surface area contributed by atoms with Gasteiger partial charge in [0.15, 0.2) is 12.0 Å². The number of benzene rings is 2. The molecule has 210 valence electrons. The number of alkyl halides is 1. The number of aromatic nitrogens is 4. The standard InChI is InChI=1S/C28H31F2N7O3/c1-18(29)25-33-34-27(39-25)21-8-9-22(24(30)16-21)17-37(23-6-4-3-5-7-23)28(38)31-12-15-36-13-10-20(11-14-36)26-32-19(2)35-40-26/h3-9,16,18,20H,10-15,17H2,1-2H3,(H,31,38). The number of nitrogens with one attached hydrogen (secondary N) is 1. The average molecular weight is 552 g/mol. The summed E-state index contributed by atoms with van der Waals surface area (Å²) in [6.07, 6.45) is 0.410. The molecule has 0 bridgehead atoms. The zero-order valence-electron chi connectivity index (χ0n) is 22.4. The Morgan fingerprint density at radius 2 is 1.95 bits per heavy atom. The monoisotopic (exact) mass is 551 g/mol. The third kappa shape index (κ3) is 6.50. The van der Waals surface area contributed by atoms with Gasteiger partial charge in [-0.2, -0.15) is 4.98 Å². The molecule has 2 aromatic carbocycles. The van der Waals surface area contributed by atoms with Crippen molar-refractivity contribution in [1.29, 1.82) is 0 Å². The van der Waals surface area contributed by atoms with E-state index in [-0.39, 0.29) is 30.3 Å². The highest BCUT2D eigenvalue weighted by atomic mass is 19.1. The quantitative estimate of drug-likeness (QED) is 0.302. The van der Waals surface area contributed by atoms with Gasteiger partial charge in [-0.15, -0.1) is 10.2 Å². The maximum absolute atomic E-state index is 15.1. The van der Waals surface area contributed by atoms with Gasteiger partial charge in [-0.3, -0.25) is 4.90 Å². The van der Waals surface area contributed by atoms with Crippen molar-refractivity contribution in [2.24, 2.45) is 0 Å². The average Bonchev–Trinajstić information content (AvgIpc) is 3.63. The zero-order valence-corrected chi connectivity index (χ0v) is 22.4. The molecule has 40 heavy (non-hydrogen) atoms. The van der Waals surface area contributed by atoms with E-state index in [1.807, 2.05) is 25.1 Å². The van der Waals surface area contributed by atoms with Crippen molar-refractivity contribution < 1.29 is 22.5 Å². The minimum Gasteiger partial charge on any atom is -0.418 e. The number of anilines is 1. The second-order valence-corrected chi connectivity index (χ2v) is 9.82. The number of hydrogen-bond acceptors (Lipinski definition) is 8. The summed E-state index contributed by atoms with van der Waals surface area (Å²) in [5.41, 5.74) is 1.27. The van der Waals surface area contributed by atoms with Crippen molar-refractivity contribution >= 4 is 11.7 Å². The molecule has 12 heteroatoms. The van der Waals surface area contributed by atoms with Crippen LogP contribution in [-0.2, 0) is 6.54 Å². The van der Waals surface area contributed by atoms with Gasteiger partial charge in [0.25, 0.3) is 5.89 Å². The molecule has 0 aliphatic carbocycles. The number of carbonyl (C=O) groups is 1. The van der Waals surface area contributed by atoms with Gasteiger partial charge in [-0.25, -0.2) is 13.6 Å². The van der Waals surface area contributed by atoms with E-state index >= 15 is 4.39 Å². The maximum Gasteiger partial charge on any atom is 0.322 e. The lowest BCUT2D eigenvalue weighted by molar-refractivity contribution is 0.194. The van der Waals surface area contributed by atoms with Crippen molar-refractivity contribution in [3.8, 4) is 11.5 Å². The minimum atomic E-state index is -1.42. The van der Waals surface area contributed by atoms with Gasteiger partial charge in [-0.05, 0) is 64.0 Å². The fourth-order valence-electron chi connectivity index (χ4n) is 4.68. The summed E-state index contributed by atoms with van der Waals surface area (Å²) >= 11 is 0. The molecule has 3 heterocycles. The van der Waals surface area contributed by atoms with Crippen molar-refractivity contribution in [2.75, 3.05) is 31.1 Å². The topological polar surface area (TPSA) is 113 Å². The zero-order chi connectivity index (χ0) is 28.1. The van der Waals surface area contributed by atoms with Crippen LogP contribution in [0.3, 0.4) is 0 Å². The Morgan fingerprint density at radius 3 is 2.60 bits per heavy atom. The summed E-state index contributed by atoms with van der Waals surface area (Å²) in [7, 11) is 0. The molecule has 1 aliphatic rings. The Labute approximate surface area is 230 Å². The highest BCUT2D eigenvalue weighted by Gasteiger charge is 2.25. The molecule has 1 aliphatic heterocycles. The number of halogens is 2. The molecule has 4 aromatic rings. The van der Waals surface area contributed by atoms with Gasteiger partial charge < -0.3 is 19.2 Å². The first-order valence-electron chi connectivity index (χ1n) is 13.3. The van der Waals surface area contributed by atoms with E-state index in [9.17, 15) is 9.18 Å². The Balaban J connectivity index is 1.20. The fraction of sp³-hybridized carbons (Fsp3) is 0.393. The minimum absolute atomic E-state index is 0.00749. The van der Waals surface area contributed by atoms with Crippen molar-refractivity contribution in [3.63, 3.8) is 0 Å². The molecule has 1 saturated heterocycles. The van der Waals surface area contributed by atoms with E-state index in [2.05, 4.69) is 30.6 Å². The van der Waals surface area contributed by atoms with Crippen LogP contribution in [-0.4, -0.2) is 57.4 Å². The predicted octanol–water partition coefficient (Wildman–Crippen LogP) is 5.19. The third-order valence-corrected chi connectivity index (χ3v) is 6.91. The van der Waals surface area contributed by atoms with Crippen molar-refractivity contribution in [2.45, 2.75) is 45.3 Å². The first-order chi connectivity index (χ1) is 19.4. The van der Waals surface area contributed by atoms with Crippen LogP contribution in [0.5, 0.6) is 0 Å². The predicted molar refractivity (Wildman–Crippen MR) is 143 cm³/mol. The van der Waals surface area contributed by atoms with Crippen LogP contribution in [0.1, 0.15) is 55.0 Å². The van der Waals surface area contributed by atoms with Gasteiger partial charge in [0, 0.05) is 35.8 Å². The second-order valence-electron chi connectivity index (χ2n) is 9.82. The molecule has 10 nitrogen and oxygen atoms in total. The molecule has 5 rings (SSSR count). The normalized spacial score (nSPS) is 15.2. The van der Waals surface area contributed by atoms with Crippen LogP contribution < -0.4 is 10.2 Å². The lowest BCUT2D eigenvalue weighted by atomic mass is 9.97. The number of nitrogens with zero attached hydrogens (tertiary/aromatic N) is 6. The summed E-state index contributed by atoms with van der Waals surface area (Å²) in [6.45, 7) is 5.98. The van der Waals surface area contributed by atoms with Crippen LogP contribution in [0.4, 0.5) is 19.3 Å². The summed E-state index contributed by atoms with van der Waals surface area (Å²) in [5, 5.41) is 14.3. The molecule has 1 fully saturated rings. The Kier molecular flexibility index (Phi) is 8.44. The summed E-state index contributed by atoms with van der Waals surface area (Å²) in [6, 6.07) is 13.2. The van der Waals surface area contributed by atoms with E-state index < -0.39 is 12.0 Å². The number of para-hydroxylation sites is 1. The molecule has 0 spiro atoms. The van der Waals surface area contributed by atoms with Gasteiger partial charge >= 0.3 is 6.03 Å². The fourth-order valence-corrected chi connectivity index (χ4v) is 4.68. The highest BCUT2D eigenvalue weighted by molar-refractivity contribution is 5.91. The van der Waals surface area contributed by atoms with Gasteiger partial charge in [0.1, 0.15) is 5.82 Å². The lowest BCUT2D eigenvalue weighted by Gasteiger charge is -2.30. The summed E-state index contributed by atoms with van der Waals surface area (Å²) in [4.78, 5) is 21.4. The van der Waals surface area contributed by atoms with Crippen LogP contribution in [0.15, 0.2) is 57.5 Å². The van der Waals surface area contributed by atoms with Crippen LogP contribution in [0, 0.1) is 12.7 Å². The van der Waals surface area contributed by atoms with E-state index in [0.717, 1.165) is 25.9 Å². The molecule has 1 unspecified atom stereocenters. The molecule has 2 aromatic heterocycles. The number of hydrogen-bond donors (Lipinski definition) is 1. The maximum atomic E-state index is 15.1. The number of likely N-dealkylation sites (tertiary alicyclic amines) is 1. The third-order valence-electron chi connectivity index (χ3n) is 6.91. The second kappa shape index (κ2) is 12.3. The largest absolute Gasteiger partial charge is 0.418 e. The molecule has 1 N–H and O–H groups in total. The molecular weight excluding hydrogens is 520 g/mol. The first kappa shape index (κ1) is 27.4. The van der Waals surface area contributed by atoms with Gasteiger partial charge in [0.05, 0.1) is 6.54 Å². The molecule has 1 atom stereocenters. The highest BCUT2D eigenvalue weighted by Crippen LogP contribution is 2.27. The van der Waals surface area contributed by atoms with Gasteiger partial charge in [-0.1, -0.05) is 29.4 Å². The van der Waals surface area contributed by atoms with Crippen LogP contribution in [0.25, 0.3) is 11.5 Å². The molecular formula is C28H31F2N7O3. The molecule has 2 amide bonds. The van der Waals surface area contributed by atoms with Crippen LogP contribution >= 0.6 is 0 Å². The molecule has 0 saturated carbocycles. The van der Waals surface area contributed by atoms with E-state index in [1.165, 1.54) is 17.9 Å². The lowest BCUT2D eigenvalue weighted by Crippen LogP contribution is -2.44. The SMILES string of the molecule is Cc1noc(C2CCN(CCNC(=O)N(Cc3ccc(-c4nnc(C(C)F)o4)cc3F)c3ccccc3)CC2)n1. The Morgan fingerprint density at radius 1 is 1.18 bits per heavy atom. The number of urea groups is 1. The van der Waals surface area contributed by atoms with Crippen molar-refractivity contribution in [3.05, 3.63) is 77.5 Å². The first-order valence-corrected chi connectivity index (χ1v) is 13.3. The van der Waals surface area contributed by atoms with E-state index in [4.69, 9.17) is 8.94 Å². The number of rotatable bonds is 9. The van der Waals surface area contributed by atoms with E-state index in [0.29, 0.717) is 41.6 Å². The number of carbonyl (C=O) groups excluding carboxylic acids is 1. The smallest absolute Gasteiger partial charge is 0.322 e. The number of piperidine rings is 1. The van der Waals surface area contributed by atoms with Gasteiger partial charge in [0.2, 0.25) is 11.8 Å². The van der Waals surface area contributed by atoms with Crippen molar-refractivity contribution in [1.82, 2.24) is 30.6 Å². The number of amides is 2. The van der Waals surface area contributed by atoms with E-state index in [1.54, 1.807) is 24.3 Å².